The van der Waals surface area contributed by atoms with E-state index in [2.05, 4.69) is 22.0 Å². The van der Waals surface area contributed by atoms with Gasteiger partial charge < -0.3 is 10.0 Å². The lowest BCUT2D eigenvalue weighted by atomic mass is 10.1. The molecule has 0 unspecified atom stereocenters. The van der Waals surface area contributed by atoms with Gasteiger partial charge in [-0.25, -0.2) is 4.57 Å². The molecular weight excluding hydrogens is 386 g/mol. The molecule has 0 saturated carbocycles. The summed E-state index contributed by atoms with van der Waals surface area (Å²) in [7, 11) is 4.05. The van der Waals surface area contributed by atoms with Crippen LogP contribution in [0.15, 0.2) is 94.7 Å². The van der Waals surface area contributed by atoms with Gasteiger partial charge in [0.25, 0.3) is 5.56 Å². The maximum atomic E-state index is 13.1. The smallest absolute Gasteiger partial charge is 0.265 e. The molecule has 0 saturated heterocycles. The Hall–Kier alpha value is -3.70. The molecule has 3 aromatic carbocycles. The van der Waals surface area contributed by atoms with Crippen molar-refractivity contribution in [2.45, 2.75) is 6.04 Å². The summed E-state index contributed by atoms with van der Waals surface area (Å²) in [6, 6.07) is 26.8. The number of benzene rings is 3. The molecule has 1 heterocycles. The Labute approximate surface area is 181 Å². The van der Waals surface area contributed by atoms with Crippen molar-refractivity contribution >= 4 is 17.0 Å². The number of likely N-dealkylation sites (N-methyl/N-ethyl adjacent to an activating group) is 1. The van der Waals surface area contributed by atoms with E-state index in [9.17, 15) is 9.90 Å². The maximum absolute atomic E-state index is 13.1. The number of rotatable bonds is 6. The highest BCUT2D eigenvalue weighted by Crippen LogP contribution is 2.26. The van der Waals surface area contributed by atoms with Crippen LogP contribution in [0.2, 0.25) is 0 Å². The third-order valence-corrected chi connectivity index (χ3v) is 5.42. The number of hydrogen-bond donors (Lipinski definition) is 1. The number of hydrogen-bond acceptors (Lipinski definition) is 4. The number of fused-ring (bicyclic) bond motifs is 1. The fraction of sp³-hybridized carbons (Fsp3) is 0.154. The zero-order valence-corrected chi connectivity index (χ0v) is 17.6. The van der Waals surface area contributed by atoms with E-state index in [0.29, 0.717) is 28.6 Å². The second-order valence-corrected chi connectivity index (χ2v) is 7.64. The standard InChI is InChI=1S/C26H25N3O2/c1-28(2)24(19-11-5-3-6-12-19)18-27-17-23-21-15-9-10-16-22(21)25(30)29(26(23)31)20-13-7-4-8-14-20/h3-17,24,31H,18H2,1-2H3/t24-/m0/s1. The second kappa shape index (κ2) is 8.98. The molecule has 31 heavy (non-hydrogen) atoms. The van der Waals surface area contributed by atoms with Gasteiger partial charge in [-0.3, -0.25) is 9.79 Å². The van der Waals surface area contributed by atoms with Gasteiger partial charge >= 0.3 is 0 Å². The molecule has 1 N–H and O–H groups in total. The Balaban J connectivity index is 1.79. The van der Waals surface area contributed by atoms with Crippen molar-refractivity contribution in [2.24, 2.45) is 4.99 Å². The quantitative estimate of drug-likeness (QED) is 0.478. The van der Waals surface area contributed by atoms with Crippen molar-refractivity contribution in [3.8, 4) is 11.6 Å². The lowest BCUT2D eigenvalue weighted by molar-refractivity contribution is 0.307. The van der Waals surface area contributed by atoms with Gasteiger partial charge in [0.05, 0.1) is 23.8 Å². The topological polar surface area (TPSA) is 57.8 Å². The summed E-state index contributed by atoms with van der Waals surface area (Å²) in [6.07, 6.45) is 1.68. The average Bonchev–Trinajstić information content (AvgIpc) is 2.80. The summed E-state index contributed by atoms with van der Waals surface area (Å²) >= 11 is 0. The van der Waals surface area contributed by atoms with E-state index in [1.807, 2.05) is 68.7 Å². The lowest BCUT2D eigenvalue weighted by Gasteiger charge is -2.23. The molecule has 0 aliphatic rings. The Kier molecular flexibility index (Phi) is 5.96. The molecule has 1 atom stereocenters. The number of aliphatic imine (C=N–C) groups is 1. The number of pyridine rings is 1. The lowest BCUT2D eigenvalue weighted by Crippen LogP contribution is -2.22. The molecule has 0 radical (unpaired) electrons. The summed E-state index contributed by atoms with van der Waals surface area (Å²) in [5.41, 5.74) is 2.06. The maximum Gasteiger partial charge on any atom is 0.265 e. The predicted molar refractivity (Wildman–Crippen MR) is 127 cm³/mol. The Bertz CT molecular complexity index is 1260. The molecule has 0 aliphatic carbocycles. The van der Waals surface area contributed by atoms with Crippen LogP contribution in [0.25, 0.3) is 16.5 Å². The predicted octanol–water partition coefficient (Wildman–Crippen LogP) is 4.42. The largest absolute Gasteiger partial charge is 0.494 e. The summed E-state index contributed by atoms with van der Waals surface area (Å²) in [5.74, 6) is -0.111. The Morgan fingerprint density at radius 3 is 2.13 bits per heavy atom. The molecule has 1 aromatic heterocycles. The van der Waals surface area contributed by atoms with Crippen molar-refractivity contribution in [3.05, 3.63) is 106 Å². The minimum absolute atomic E-state index is 0.103. The van der Waals surface area contributed by atoms with E-state index < -0.39 is 0 Å². The molecule has 0 spiro atoms. The van der Waals surface area contributed by atoms with E-state index in [-0.39, 0.29) is 17.5 Å². The summed E-state index contributed by atoms with van der Waals surface area (Å²) < 4.78 is 1.34. The van der Waals surface area contributed by atoms with Crippen molar-refractivity contribution < 1.29 is 5.11 Å². The van der Waals surface area contributed by atoms with Gasteiger partial charge in [-0.05, 0) is 37.9 Å². The van der Waals surface area contributed by atoms with E-state index in [4.69, 9.17) is 0 Å². The SMILES string of the molecule is CN(C)[C@@H](CN=Cc1c(O)n(-c2ccccc2)c(=O)c2ccccc12)c1ccccc1. The van der Waals surface area contributed by atoms with Gasteiger partial charge in [-0.2, -0.15) is 0 Å². The van der Waals surface area contributed by atoms with Crippen LogP contribution in [0.1, 0.15) is 17.2 Å². The molecule has 5 heteroatoms. The van der Waals surface area contributed by atoms with E-state index in [1.165, 1.54) is 10.1 Å². The van der Waals surface area contributed by atoms with Crippen LogP contribution in [0.5, 0.6) is 5.88 Å². The van der Waals surface area contributed by atoms with E-state index in [0.717, 1.165) is 0 Å². The van der Waals surface area contributed by atoms with Crippen LogP contribution in [0.4, 0.5) is 0 Å². The van der Waals surface area contributed by atoms with Crippen LogP contribution < -0.4 is 5.56 Å². The highest BCUT2D eigenvalue weighted by atomic mass is 16.3. The molecule has 4 aromatic rings. The molecule has 0 aliphatic heterocycles. The van der Waals surface area contributed by atoms with Gasteiger partial charge in [0.2, 0.25) is 5.88 Å². The molecule has 0 bridgehead atoms. The fourth-order valence-electron chi connectivity index (χ4n) is 3.79. The average molecular weight is 412 g/mol. The second-order valence-electron chi connectivity index (χ2n) is 7.64. The summed E-state index contributed by atoms with van der Waals surface area (Å²) in [5, 5.41) is 12.3. The first-order valence-electron chi connectivity index (χ1n) is 10.2. The van der Waals surface area contributed by atoms with Crippen LogP contribution >= 0.6 is 0 Å². The Morgan fingerprint density at radius 1 is 0.903 bits per heavy atom. The molecule has 0 amide bonds. The van der Waals surface area contributed by atoms with Gasteiger partial charge in [-0.1, -0.05) is 66.7 Å². The highest BCUT2D eigenvalue weighted by Gasteiger charge is 2.17. The third kappa shape index (κ3) is 4.13. The van der Waals surface area contributed by atoms with Crippen LogP contribution in [-0.4, -0.2) is 41.4 Å². The first-order valence-corrected chi connectivity index (χ1v) is 10.2. The van der Waals surface area contributed by atoms with Gasteiger partial charge in [-0.15, -0.1) is 0 Å². The molecule has 0 fully saturated rings. The number of nitrogens with zero attached hydrogens (tertiary/aromatic N) is 3. The molecule has 156 valence electrons. The first kappa shape index (κ1) is 20.6. The van der Waals surface area contributed by atoms with Crippen molar-refractivity contribution in [3.63, 3.8) is 0 Å². The first-order chi connectivity index (χ1) is 15.1. The minimum Gasteiger partial charge on any atom is -0.494 e. The molecular formula is C26H25N3O2. The number of aromatic hydroxyl groups is 1. The summed E-state index contributed by atoms with van der Waals surface area (Å²) in [6.45, 7) is 0.523. The molecule has 5 nitrogen and oxygen atoms in total. The zero-order valence-electron chi connectivity index (χ0n) is 17.6. The van der Waals surface area contributed by atoms with E-state index in [1.54, 1.807) is 24.4 Å². The molecule has 4 rings (SSSR count). The van der Waals surface area contributed by atoms with Crippen molar-refractivity contribution in [1.82, 2.24) is 9.47 Å². The summed E-state index contributed by atoms with van der Waals surface area (Å²) in [4.78, 5) is 19.9. The normalized spacial score (nSPS) is 12.6. The third-order valence-electron chi connectivity index (χ3n) is 5.42. The fourth-order valence-corrected chi connectivity index (χ4v) is 3.79. The van der Waals surface area contributed by atoms with Crippen LogP contribution in [-0.2, 0) is 0 Å². The van der Waals surface area contributed by atoms with Crippen LogP contribution in [0, 0.1) is 0 Å². The number of para-hydroxylation sites is 1. The van der Waals surface area contributed by atoms with Crippen molar-refractivity contribution in [1.29, 1.82) is 0 Å². The highest BCUT2D eigenvalue weighted by molar-refractivity contribution is 6.01. The number of aromatic nitrogens is 1. The van der Waals surface area contributed by atoms with E-state index >= 15 is 0 Å². The van der Waals surface area contributed by atoms with Crippen molar-refractivity contribution in [2.75, 3.05) is 20.6 Å². The minimum atomic E-state index is -0.257. The van der Waals surface area contributed by atoms with Gasteiger partial charge in [0.1, 0.15) is 0 Å². The van der Waals surface area contributed by atoms with Gasteiger partial charge in [0.15, 0.2) is 0 Å². The monoisotopic (exact) mass is 411 g/mol. The Morgan fingerprint density at radius 2 is 1.48 bits per heavy atom. The zero-order chi connectivity index (χ0) is 21.8. The van der Waals surface area contributed by atoms with Gasteiger partial charge in [0, 0.05) is 17.0 Å². The van der Waals surface area contributed by atoms with Crippen LogP contribution in [0.3, 0.4) is 0 Å².